The van der Waals surface area contributed by atoms with Gasteiger partial charge in [-0.25, -0.2) is 8.78 Å². The quantitative estimate of drug-likeness (QED) is 0.933. The zero-order chi connectivity index (χ0) is 15.7. The van der Waals surface area contributed by atoms with Crippen molar-refractivity contribution in [3.8, 4) is 0 Å². The van der Waals surface area contributed by atoms with E-state index in [1.807, 2.05) is 13.8 Å². The number of aromatic nitrogens is 2. The standard InChI is InChI=1S/C15H17ClF2N2O/c1-8(2)14-13(15(16)20(3)19-14)12(21)6-9-4-5-10(17)7-11(9)18/h4-5,7-8,12,21H,6H2,1-3H3. The average Bonchev–Trinajstić information content (AvgIpc) is 2.69. The molecule has 0 spiro atoms. The highest BCUT2D eigenvalue weighted by molar-refractivity contribution is 6.30. The van der Waals surface area contributed by atoms with Crippen LogP contribution in [0.4, 0.5) is 8.78 Å². The van der Waals surface area contributed by atoms with Crippen molar-refractivity contribution in [2.45, 2.75) is 32.3 Å². The van der Waals surface area contributed by atoms with Crippen molar-refractivity contribution >= 4 is 11.6 Å². The number of hydrogen-bond acceptors (Lipinski definition) is 2. The Kier molecular flexibility index (Phi) is 4.64. The molecule has 0 aliphatic heterocycles. The molecular formula is C15H17ClF2N2O. The van der Waals surface area contributed by atoms with E-state index in [1.165, 1.54) is 16.8 Å². The highest BCUT2D eigenvalue weighted by Crippen LogP contribution is 2.32. The molecule has 1 atom stereocenters. The molecule has 0 saturated carbocycles. The summed E-state index contributed by atoms with van der Waals surface area (Å²) in [5.41, 5.74) is 1.41. The highest BCUT2D eigenvalue weighted by Gasteiger charge is 2.24. The predicted octanol–water partition coefficient (Wildman–Crippen LogP) is 3.75. The fourth-order valence-electron chi connectivity index (χ4n) is 2.27. The van der Waals surface area contributed by atoms with E-state index in [0.29, 0.717) is 16.4 Å². The van der Waals surface area contributed by atoms with Gasteiger partial charge in [0, 0.05) is 25.1 Å². The van der Waals surface area contributed by atoms with Crippen LogP contribution in [0.3, 0.4) is 0 Å². The van der Waals surface area contributed by atoms with Gasteiger partial charge >= 0.3 is 0 Å². The van der Waals surface area contributed by atoms with E-state index in [0.717, 1.165) is 6.07 Å². The van der Waals surface area contributed by atoms with Crippen molar-refractivity contribution in [1.82, 2.24) is 9.78 Å². The molecule has 0 aliphatic rings. The second-order valence-corrected chi connectivity index (χ2v) is 5.68. The van der Waals surface area contributed by atoms with Gasteiger partial charge in [0.1, 0.15) is 16.8 Å². The molecule has 0 radical (unpaired) electrons. The third kappa shape index (κ3) is 3.24. The number of nitrogens with zero attached hydrogens (tertiary/aromatic N) is 2. The predicted molar refractivity (Wildman–Crippen MR) is 77.3 cm³/mol. The molecule has 1 N–H and O–H groups in total. The first-order valence-electron chi connectivity index (χ1n) is 6.65. The van der Waals surface area contributed by atoms with Gasteiger partial charge < -0.3 is 5.11 Å². The highest BCUT2D eigenvalue weighted by atomic mass is 35.5. The first-order chi connectivity index (χ1) is 9.81. The van der Waals surface area contributed by atoms with Crippen molar-refractivity contribution in [1.29, 1.82) is 0 Å². The molecule has 1 aromatic heterocycles. The average molecular weight is 315 g/mol. The smallest absolute Gasteiger partial charge is 0.132 e. The molecule has 2 aromatic rings. The molecule has 0 fully saturated rings. The minimum atomic E-state index is -0.997. The van der Waals surface area contributed by atoms with E-state index in [2.05, 4.69) is 5.10 Å². The Labute approximate surface area is 127 Å². The second kappa shape index (κ2) is 6.12. The molecule has 6 heteroatoms. The van der Waals surface area contributed by atoms with E-state index >= 15 is 0 Å². The van der Waals surface area contributed by atoms with Crippen LogP contribution < -0.4 is 0 Å². The third-order valence-corrected chi connectivity index (χ3v) is 3.80. The van der Waals surface area contributed by atoms with Gasteiger partial charge in [-0.3, -0.25) is 4.68 Å². The lowest BCUT2D eigenvalue weighted by Crippen LogP contribution is -2.07. The largest absolute Gasteiger partial charge is 0.388 e. The minimum Gasteiger partial charge on any atom is -0.388 e. The van der Waals surface area contributed by atoms with E-state index in [9.17, 15) is 13.9 Å². The second-order valence-electron chi connectivity index (χ2n) is 5.32. The summed E-state index contributed by atoms with van der Waals surface area (Å²) >= 11 is 6.17. The van der Waals surface area contributed by atoms with Crippen LogP contribution in [0.2, 0.25) is 5.15 Å². The van der Waals surface area contributed by atoms with Crippen LogP contribution in [0.1, 0.15) is 42.7 Å². The molecule has 114 valence electrons. The van der Waals surface area contributed by atoms with E-state index in [-0.39, 0.29) is 17.9 Å². The van der Waals surface area contributed by atoms with Gasteiger partial charge in [0.2, 0.25) is 0 Å². The van der Waals surface area contributed by atoms with Gasteiger partial charge in [0.25, 0.3) is 0 Å². The summed E-state index contributed by atoms with van der Waals surface area (Å²) in [6.45, 7) is 3.88. The topological polar surface area (TPSA) is 38.0 Å². The first kappa shape index (κ1) is 15.9. The normalized spacial score (nSPS) is 13.0. The Morgan fingerprint density at radius 1 is 1.33 bits per heavy atom. The fraction of sp³-hybridized carbons (Fsp3) is 0.400. The summed E-state index contributed by atoms with van der Waals surface area (Å²) in [6, 6.07) is 3.29. The zero-order valence-corrected chi connectivity index (χ0v) is 12.8. The first-order valence-corrected chi connectivity index (χ1v) is 7.03. The maximum Gasteiger partial charge on any atom is 0.132 e. The Morgan fingerprint density at radius 3 is 2.57 bits per heavy atom. The monoisotopic (exact) mass is 314 g/mol. The molecular weight excluding hydrogens is 298 g/mol. The van der Waals surface area contributed by atoms with E-state index in [4.69, 9.17) is 11.6 Å². The summed E-state index contributed by atoms with van der Waals surface area (Å²) in [5, 5.41) is 15.0. The van der Waals surface area contributed by atoms with Gasteiger partial charge in [-0.05, 0) is 17.5 Å². The number of aliphatic hydroxyl groups excluding tert-OH is 1. The molecule has 3 nitrogen and oxygen atoms in total. The molecule has 2 rings (SSSR count). The van der Waals surface area contributed by atoms with Crippen molar-refractivity contribution in [3.63, 3.8) is 0 Å². The fourth-order valence-corrected chi connectivity index (χ4v) is 2.53. The maximum absolute atomic E-state index is 13.7. The SMILES string of the molecule is CC(C)c1nn(C)c(Cl)c1C(O)Cc1ccc(F)cc1F. The lowest BCUT2D eigenvalue weighted by atomic mass is 9.97. The molecule has 1 aromatic carbocycles. The van der Waals surface area contributed by atoms with Crippen LogP contribution in [0.15, 0.2) is 18.2 Å². The van der Waals surface area contributed by atoms with E-state index in [1.54, 1.807) is 7.05 Å². The van der Waals surface area contributed by atoms with Crippen LogP contribution in [-0.4, -0.2) is 14.9 Å². The lowest BCUT2D eigenvalue weighted by molar-refractivity contribution is 0.175. The number of aliphatic hydroxyl groups is 1. The number of rotatable bonds is 4. The molecule has 0 amide bonds. The molecule has 1 unspecified atom stereocenters. The Bertz CT molecular complexity index is 655. The summed E-state index contributed by atoms with van der Waals surface area (Å²) in [6.07, 6.45) is -0.986. The van der Waals surface area contributed by atoms with Gasteiger partial charge in [-0.15, -0.1) is 0 Å². The van der Waals surface area contributed by atoms with E-state index < -0.39 is 17.7 Å². The Balaban J connectivity index is 2.34. The minimum absolute atomic E-state index is 0.0112. The van der Waals surface area contributed by atoms with Crippen molar-refractivity contribution in [3.05, 3.63) is 51.8 Å². The van der Waals surface area contributed by atoms with Crippen LogP contribution in [0.5, 0.6) is 0 Å². The summed E-state index contributed by atoms with van der Waals surface area (Å²) in [5.74, 6) is -1.25. The summed E-state index contributed by atoms with van der Waals surface area (Å²) in [4.78, 5) is 0. The summed E-state index contributed by atoms with van der Waals surface area (Å²) < 4.78 is 28.1. The summed E-state index contributed by atoms with van der Waals surface area (Å²) in [7, 11) is 1.68. The van der Waals surface area contributed by atoms with Crippen molar-refractivity contribution in [2.75, 3.05) is 0 Å². The number of hydrogen-bond donors (Lipinski definition) is 1. The molecule has 21 heavy (non-hydrogen) atoms. The van der Waals surface area contributed by atoms with Crippen molar-refractivity contribution < 1.29 is 13.9 Å². The van der Waals surface area contributed by atoms with Crippen molar-refractivity contribution in [2.24, 2.45) is 7.05 Å². The lowest BCUT2D eigenvalue weighted by Gasteiger charge is -2.14. The molecule has 0 bridgehead atoms. The number of benzene rings is 1. The van der Waals surface area contributed by atoms with Crippen LogP contribution >= 0.6 is 11.6 Å². The Hall–Kier alpha value is -1.46. The zero-order valence-electron chi connectivity index (χ0n) is 12.1. The van der Waals surface area contributed by atoms with Crippen LogP contribution in [-0.2, 0) is 13.5 Å². The van der Waals surface area contributed by atoms with Gasteiger partial charge in [-0.1, -0.05) is 31.5 Å². The number of halogens is 3. The van der Waals surface area contributed by atoms with Crippen LogP contribution in [0, 0.1) is 11.6 Å². The van der Waals surface area contributed by atoms with Gasteiger partial charge in [0.15, 0.2) is 0 Å². The van der Waals surface area contributed by atoms with Gasteiger partial charge in [0.05, 0.1) is 11.8 Å². The number of aryl methyl sites for hydroxylation is 1. The molecule has 1 heterocycles. The maximum atomic E-state index is 13.7. The third-order valence-electron chi connectivity index (χ3n) is 3.35. The Morgan fingerprint density at radius 2 is 2.00 bits per heavy atom. The van der Waals surface area contributed by atoms with Crippen LogP contribution in [0.25, 0.3) is 0 Å². The molecule has 0 aliphatic carbocycles. The van der Waals surface area contributed by atoms with Gasteiger partial charge in [-0.2, -0.15) is 5.10 Å². The molecule has 0 saturated heterocycles.